The zero-order valence-corrected chi connectivity index (χ0v) is 12.5. The first-order valence-electron chi connectivity index (χ1n) is 7.61. The molecule has 118 valence electrons. The fraction of sp³-hybridized carbons (Fsp3) is 0.278. The molecule has 0 radical (unpaired) electrons. The lowest BCUT2D eigenvalue weighted by molar-refractivity contribution is -0.136. The van der Waals surface area contributed by atoms with Crippen molar-refractivity contribution in [3.63, 3.8) is 0 Å². The van der Waals surface area contributed by atoms with Crippen LogP contribution in [0.3, 0.4) is 0 Å². The summed E-state index contributed by atoms with van der Waals surface area (Å²) < 4.78 is 16.8. The summed E-state index contributed by atoms with van der Waals surface area (Å²) in [5.41, 5.74) is 3.67. The Labute approximate surface area is 133 Å². The number of carboxylic acid groups (broad SMARTS) is 1. The average molecular weight is 312 g/mol. The van der Waals surface area contributed by atoms with Crippen LogP contribution in [0.15, 0.2) is 30.3 Å². The van der Waals surface area contributed by atoms with E-state index in [2.05, 4.69) is 0 Å². The van der Waals surface area contributed by atoms with Crippen molar-refractivity contribution in [2.24, 2.45) is 0 Å². The highest BCUT2D eigenvalue weighted by Gasteiger charge is 2.20. The topological polar surface area (TPSA) is 65.0 Å². The van der Waals surface area contributed by atoms with Crippen LogP contribution < -0.4 is 14.2 Å². The molecule has 0 fully saturated rings. The lowest BCUT2D eigenvalue weighted by Gasteiger charge is -2.21. The Morgan fingerprint density at radius 2 is 1.70 bits per heavy atom. The molecule has 2 aliphatic heterocycles. The van der Waals surface area contributed by atoms with Gasteiger partial charge in [0.25, 0.3) is 0 Å². The van der Waals surface area contributed by atoms with Gasteiger partial charge in [-0.15, -0.1) is 0 Å². The Kier molecular flexibility index (Phi) is 3.33. The van der Waals surface area contributed by atoms with Gasteiger partial charge in [-0.3, -0.25) is 4.79 Å². The molecule has 0 saturated carbocycles. The van der Waals surface area contributed by atoms with Crippen molar-refractivity contribution in [1.29, 1.82) is 0 Å². The minimum Gasteiger partial charge on any atom is -0.493 e. The van der Waals surface area contributed by atoms with Crippen molar-refractivity contribution in [3.8, 4) is 28.4 Å². The van der Waals surface area contributed by atoms with Gasteiger partial charge >= 0.3 is 5.97 Å². The number of carbonyl (C=O) groups is 1. The van der Waals surface area contributed by atoms with Gasteiger partial charge in [0.1, 0.15) is 19.0 Å². The summed E-state index contributed by atoms with van der Waals surface area (Å²) >= 11 is 0. The van der Waals surface area contributed by atoms with Gasteiger partial charge in [0, 0.05) is 6.42 Å². The van der Waals surface area contributed by atoms with Crippen LogP contribution in [0.25, 0.3) is 11.1 Å². The molecule has 0 aromatic heterocycles. The highest BCUT2D eigenvalue weighted by Crippen LogP contribution is 2.39. The quantitative estimate of drug-likeness (QED) is 0.944. The maximum Gasteiger partial charge on any atom is 0.307 e. The first kappa shape index (κ1) is 13.9. The number of carboxylic acids is 1. The van der Waals surface area contributed by atoms with Gasteiger partial charge in [0.15, 0.2) is 11.5 Å². The number of aliphatic carboxylic acids is 1. The number of hydrogen-bond donors (Lipinski definition) is 1. The van der Waals surface area contributed by atoms with Crippen LogP contribution >= 0.6 is 0 Å². The molecule has 2 heterocycles. The minimum absolute atomic E-state index is 0.0656. The molecule has 0 saturated heterocycles. The van der Waals surface area contributed by atoms with E-state index >= 15 is 0 Å². The maximum absolute atomic E-state index is 11.2. The predicted octanol–water partition coefficient (Wildman–Crippen LogP) is 2.69. The molecule has 4 rings (SSSR count). The number of rotatable bonds is 3. The molecule has 0 amide bonds. The molecule has 1 N–H and O–H groups in total. The molecule has 2 aliphatic rings. The van der Waals surface area contributed by atoms with Crippen molar-refractivity contribution in [3.05, 3.63) is 41.5 Å². The Morgan fingerprint density at radius 1 is 0.957 bits per heavy atom. The number of hydrogen-bond acceptors (Lipinski definition) is 4. The second kappa shape index (κ2) is 5.50. The molecule has 0 atom stereocenters. The lowest BCUT2D eigenvalue weighted by Crippen LogP contribution is -2.16. The Morgan fingerprint density at radius 3 is 2.48 bits per heavy atom. The smallest absolute Gasteiger partial charge is 0.307 e. The predicted molar refractivity (Wildman–Crippen MR) is 83.4 cm³/mol. The van der Waals surface area contributed by atoms with Gasteiger partial charge < -0.3 is 19.3 Å². The third-order valence-electron chi connectivity index (χ3n) is 4.12. The van der Waals surface area contributed by atoms with E-state index in [1.807, 2.05) is 24.3 Å². The van der Waals surface area contributed by atoms with Crippen LogP contribution in [-0.2, 0) is 17.6 Å². The molecule has 0 spiro atoms. The molecule has 23 heavy (non-hydrogen) atoms. The largest absolute Gasteiger partial charge is 0.493 e. The van der Waals surface area contributed by atoms with Gasteiger partial charge in [-0.05, 0) is 40.5 Å². The Bertz CT molecular complexity index is 781. The van der Waals surface area contributed by atoms with Crippen LogP contribution in [0, 0.1) is 0 Å². The normalized spacial score (nSPS) is 15.0. The van der Waals surface area contributed by atoms with Crippen LogP contribution in [0.4, 0.5) is 0 Å². The summed E-state index contributed by atoms with van der Waals surface area (Å²) in [6.07, 6.45) is 0.850. The fourth-order valence-corrected chi connectivity index (χ4v) is 3.04. The van der Waals surface area contributed by atoms with E-state index < -0.39 is 5.97 Å². The van der Waals surface area contributed by atoms with Gasteiger partial charge in [-0.1, -0.05) is 12.1 Å². The number of benzene rings is 2. The molecule has 2 aromatic rings. The molecule has 2 aromatic carbocycles. The molecule has 0 aliphatic carbocycles. The van der Waals surface area contributed by atoms with E-state index in [1.165, 1.54) is 5.56 Å². The molecular weight excluding hydrogens is 296 g/mol. The highest BCUT2D eigenvalue weighted by atomic mass is 16.6. The highest BCUT2D eigenvalue weighted by molar-refractivity contribution is 5.79. The third-order valence-corrected chi connectivity index (χ3v) is 4.12. The van der Waals surface area contributed by atoms with Crippen LogP contribution in [0.1, 0.15) is 11.1 Å². The van der Waals surface area contributed by atoms with Gasteiger partial charge in [0.05, 0.1) is 13.0 Å². The summed E-state index contributed by atoms with van der Waals surface area (Å²) in [5, 5.41) is 9.20. The third kappa shape index (κ3) is 2.59. The summed E-state index contributed by atoms with van der Waals surface area (Å²) in [7, 11) is 0. The fourth-order valence-electron chi connectivity index (χ4n) is 3.04. The molecule has 0 bridgehead atoms. The summed E-state index contributed by atoms with van der Waals surface area (Å²) in [5.74, 6) is 1.26. The first-order valence-corrected chi connectivity index (χ1v) is 7.61. The second-order valence-electron chi connectivity index (χ2n) is 5.64. The number of ether oxygens (including phenoxy) is 3. The summed E-state index contributed by atoms with van der Waals surface area (Å²) in [4.78, 5) is 11.2. The average Bonchev–Trinajstić information content (AvgIpc) is 3.01. The molecule has 0 unspecified atom stereocenters. The van der Waals surface area contributed by atoms with E-state index in [1.54, 1.807) is 6.07 Å². The van der Waals surface area contributed by atoms with Crippen molar-refractivity contribution >= 4 is 5.97 Å². The van der Waals surface area contributed by atoms with E-state index in [0.717, 1.165) is 23.3 Å². The Hall–Kier alpha value is -2.69. The number of fused-ring (bicyclic) bond motifs is 2. The minimum atomic E-state index is -0.875. The van der Waals surface area contributed by atoms with Gasteiger partial charge in [-0.2, -0.15) is 0 Å². The standard InChI is InChI=1S/C18H16O5/c19-18(20)9-13-8-16-17(23-6-5-22-16)10-14(13)12-2-1-11-3-4-21-15(11)7-12/h1-2,7-8,10H,3-6,9H2,(H,19,20). The zero-order valence-electron chi connectivity index (χ0n) is 12.5. The van der Waals surface area contributed by atoms with Gasteiger partial charge in [-0.25, -0.2) is 0 Å². The Balaban J connectivity index is 1.83. The summed E-state index contributed by atoms with van der Waals surface area (Å²) in [6.45, 7) is 1.67. The lowest BCUT2D eigenvalue weighted by atomic mass is 9.95. The van der Waals surface area contributed by atoms with E-state index in [4.69, 9.17) is 14.2 Å². The van der Waals surface area contributed by atoms with E-state index in [9.17, 15) is 9.90 Å². The van der Waals surface area contributed by atoms with Crippen LogP contribution in [0.2, 0.25) is 0 Å². The summed E-state index contributed by atoms with van der Waals surface area (Å²) in [6, 6.07) is 9.65. The maximum atomic E-state index is 11.2. The van der Waals surface area contributed by atoms with Crippen LogP contribution in [-0.4, -0.2) is 30.9 Å². The zero-order chi connectivity index (χ0) is 15.8. The van der Waals surface area contributed by atoms with E-state index in [-0.39, 0.29) is 6.42 Å². The monoisotopic (exact) mass is 312 g/mol. The van der Waals surface area contributed by atoms with Crippen molar-refractivity contribution < 1.29 is 24.1 Å². The SMILES string of the molecule is O=C(O)Cc1cc2c(cc1-c1ccc3c(c1)OCC3)OCCO2. The van der Waals surface area contributed by atoms with Gasteiger partial charge in [0.2, 0.25) is 0 Å². The molecular formula is C18H16O5. The van der Waals surface area contributed by atoms with Crippen LogP contribution in [0.5, 0.6) is 17.2 Å². The van der Waals surface area contributed by atoms with Crippen molar-refractivity contribution in [1.82, 2.24) is 0 Å². The van der Waals surface area contributed by atoms with Crippen molar-refractivity contribution in [2.75, 3.05) is 19.8 Å². The second-order valence-corrected chi connectivity index (χ2v) is 5.64. The molecule has 5 nitrogen and oxygen atoms in total. The molecule has 5 heteroatoms. The van der Waals surface area contributed by atoms with Crippen molar-refractivity contribution in [2.45, 2.75) is 12.8 Å². The van der Waals surface area contributed by atoms with E-state index in [0.29, 0.717) is 36.9 Å². The first-order chi connectivity index (χ1) is 11.2.